The highest BCUT2D eigenvalue weighted by atomic mass is 32.2. The quantitative estimate of drug-likeness (QED) is 0.432. The van der Waals surface area contributed by atoms with E-state index in [-0.39, 0.29) is 29.7 Å². The Morgan fingerprint density at radius 1 is 1.20 bits per heavy atom. The third-order valence-corrected chi connectivity index (χ3v) is 6.95. The number of hydrogen-bond acceptors (Lipinski definition) is 6. The highest BCUT2D eigenvalue weighted by Crippen LogP contribution is 2.27. The number of anilines is 1. The fourth-order valence-electron chi connectivity index (χ4n) is 2.99. The number of aromatic nitrogens is 2. The van der Waals surface area contributed by atoms with Crippen LogP contribution in [0.3, 0.4) is 0 Å². The molecule has 158 valence electrons. The van der Waals surface area contributed by atoms with Gasteiger partial charge in [0.2, 0.25) is 11.8 Å². The van der Waals surface area contributed by atoms with E-state index in [2.05, 4.69) is 15.6 Å². The minimum Gasteiger partial charge on any atom is -0.346 e. The van der Waals surface area contributed by atoms with Crippen molar-refractivity contribution >= 4 is 50.8 Å². The molecule has 0 saturated carbocycles. The molecule has 2 amide bonds. The first kappa shape index (κ1) is 22.0. The van der Waals surface area contributed by atoms with E-state index in [0.717, 1.165) is 28.1 Å². The molecule has 9 heteroatoms. The first-order valence-electron chi connectivity index (χ1n) is 9.55. The smallest absolute Gasteiger partial charge is 0.262 e. The summed E-state index contributed by atoms with van der Waals surface area (Å²) in [5, 5.41) is 6.54. The molecular weight excluding hydrogens is 420 g/mol. The number of amides is 2. The number of nitrogens with zero attached hydrogens (tertiary/aromatic N) is 2. The van der Waals surface area contributed by atoms with Gasteiger partial charge in [-0.1, -0.05) is 36.9 Å². The highest BCUT2D eigenvalue weighted by molar-refractivity contribution is 7.99. The summed E-state index contributed by atoms with van der Waals surface area (Å²) < 4.78 is 1.47. The fraction of sp³-hybridized carbons (Fsp3) is 0.333. The van der Waals surface area contributed by atoms with Crippen molar-refractivity contribution in [2.45, 2.75) is 32.3 Å². The Morgan fingerprint density at radius 3 is 2.67 bits per heavy atom. The summed E-state index contributed by atoms with van der Waals surface area (Å²) in [5.74, 6) is -0.522. The van der Waals surface area contributed by atoms with Crippen molar-refractivity contribution in [3.63, 3.8) is 0 Å². The molecule has 3 aromatic rings. The summed E-state index contributed by atoms with van der Waals surface area (Å²) in [4.78, 5) is 43.3. The van der Waals surface area contributed by atoms with Gasteiger partial charge >= 0.3 is 0 Å². The highest BCUT2D eigenvalue weighted by Gasteiger charge is 2.16. The van der Waals surface area contributed by atoms with Crippen molar-refractivity contribution in [1.82, 2.24) is 14.9 Å². The topological polar surface area (TPSA) is 93.1 Å². The maximum Gasteiger partial charge on any atom is 0.262 e. The van der Waals surface area contributed by atoms with Crippen LogP contribution in [0.5, 0.6) is 0 Å². The second kappa shape index (κ2) is 9.44. The molecule has 2 aromatic heterocycles. The molecule has 0 saturated heterocycles. The van der Waals surface area contributed by atoms with E-state index >= 15 is 0 Å². The lowest BCUT2D eigenvalue weighted by Gasteiger charge is -2.10. The number of rotatable bonds is 7. The number of nitrogens with one attached hydrogen (secondary N) is 2. The Hall–Kier alpha value is -2.65. The number of benzene rings is 1. The fourth-order valence-corrected chi connectivity index (χ4v) is 4.86. The lowest BCUT2D eigenvalue weighted by Crippen LogP contribution is -2.34. The Morgan fingerprint density at radius 2 is 1.93 bits per heavy atom. The van der Waals surface area contributed by atoms with Crippen LogP contribution in [0.25, 0.3) is 10.2 Å². The Kier molecular flexibility index (Phi) is 6.94. The third kappa shape index (κ3) is 4.73. The molecule has 2 heterocycles. The molecule has 0 spiro atoms. The van der Waals surface area contributed by atoms with Gasteiger partial charge in [-0.3, -0.25) is 19.0 Å². The number of para-hydroxylation sites is 1. The van der Waals surface area contributed by atoms with Crippen LogP contribution in [-0.4, -0.2) is 33.7 Å². The average molecular weight is 445 g/mol. The van der Waals surface area contributed by atoms with Crippen LogP contribution < -0.4 is 16.2 Å². The number of fused-ring (bicyclic) bond motifs is 1. The molecule has 0 aliphatic rings. The molecule has 7 nitrogen and oxygen atoms in total. The van der Waals surface area contributed by atoms with Crippen LogP contribution in [-0.2, 0) is 23.1 Å². The maximum atomic E-state index is 12.6. The molecule has 1 aromatic carbocycles. The predicted octanol–water partition coefficient (Wildman–Crippen LogP) is 3.02. The van der Waals surface area contributed by atoms with Crippen LogP contribution in [0.4, 0.5) is 5.69 Å². The molecule has 0 fully saturated rings. The number of hydrogen-bond donors (Lipinski definition) is 2. The normalized spacial score (nSPS) is 10.9. The molecule has 0 atom stereocenters. The monoisotopic (exact) mass is 444 g/mol. The number of thioether (sulfide) groups is 1. The molecule has 0 aliphatic carbocycles. The summed E-state index contributed by atoms with van der Waals surface area (Å²) in [6, 6.07) is 7.57. The van der Waals surface area contributed by atoms with Crippen LogP contribution in [0.1, 0.15) is 22.9 Å². The molecule has 0 unspecified atom stereocenters. The van der Waals surface area contributed by atoms with E-state index in [1.54, 1.807) is 7.05 Å². The maximum absolute atomic E-state index is 12.6. The Labute approximate surface area is 182 Å². The molecular formula is C21H24N4O3S2. The summed E-state index contributed by atoms with van der Waals surface area (Å²) >= 11 is 2.65. The number of thiophene rings is 1. The third-order valence-electron chi connectivity index (χ3n) is 4.82. The van der Waals surface area contributed by atoms with E-state index in [9.17, 15) is 14.4 Å². The van der Waals surface area contributed by atoms with Gasteiger partial charge in [0.1, 0.15) is 4.83 Å². The van der Waals surface area contributed by atoms with E-state index in [0.29, 0.717) is 15.4 Å². The summed E-state index contributed by atoms with van der Waals surface area (Å²) in [5.41, 5.74) is 2.63. The van der Waals surface area contributed by atoms with Crippen molar-refractivity contribution in [3.05, 3.63) is 50.6 Å². The van der Waals surface area contributed by atoms with Crippen LogP contribution in [0.2, 0.25) is 0 Å². The lowest BCUT2D eigenvalue weighted by atomic mass is 10.1. The average Bonchev–Trinajstić information content (AvgIpc) is 3.02. The summed E-state index contributed by atoms with van der Waals surface area (Å²) in [6.07, 6.45) is 0.804. The van der Waals surface area contributed by atoms with Crippen molar-refractivity contribution in [1.29, 1.82) is 0 Å². The Bertz CT molecular complexity index is 1170. The number of aryl methyl sites for hydroxylation is 3. The molecule has 0 aliphatic heterocycles. The van der Waals surface area contributed by atoms with Gasteiger partial charge in [0, 0.05) is 17.6 Å². The van der Waals surface area contributed by atoms with Gasteiger partial charge in [-0.25, -0.2) is 4.98 Å². The molecule has 2 N–H and O–H groups in total. The molecule has 30 heavy (non-hydrogen) atoms. The zero-order chi connectivity index (χ0) is 21.8. The standard InChI is InChI=1S/C21H24N4O3S2/c1-5-14-8-6-7-9-15(14)23-16(26)10-22-17(27)11-29-21-24-19-18(20(28)25(21)4)12(2)13(3)30-19/h6-9H,5,10-11H2,1-4H3,(H,22,27)(H,23,26). The first-order chi connectivity index (χ1) is 14.3. The SMILES string of the molecule is CCc1ccccc1NC(=O)CNC(=O)CSc1nc2sc(C)c(C)c2c(=O)n1C. The van der Waals surface area contributed by atoms with E-state index in [1.807, 2.05) is 45.0 Å². The lowest BCUT2D eigenvalue weighted by molar-refractivity contribution is -0.122. The number of carbonyl (C=O) groups excluding carboxylic acids is 2. The van der Waals surface area contributed by atoms with Crippen LogP contribution in [0.15, 0.2) is 34.2 Å². The van der Waals surface area contributed by atoms with Gasteiger partial charge in [-0.15, -0.1) is 11.3 Å². The van der Waals surface area contributed by atoms with Gasteiger partial charge in [0.15, 0.2) is 5.16 Å². The molecule has 3 rings (SSSR count). The van der Waals surface area contributed by atoms with Crippen molar-refractivity contribution < 1.29 is 9.59 Å². The molecule has 0 radical (unpaired) electrons. The van der Waals surface area contributed by atoms with Crippen molar-refractivity contribution in [2.24, 2.45) is 7.05 Å². The molecule has 0 bridgehead atoms. The Balaban J connectivity index is 1.58. The van der Waals surface area contributed by atoms with Gasteiger partial charge < -0.3 is 10.6 Å². The zero-order valence-corrected chi connectivity index (χ0v) is 19.0. The second-order valence-electron chi connectivity index (χ2n) is 6.85. The van der Waals surface area contributed by atoms with E-state index < -0.39 is 0 Å². The number of carbonyl (C=O) groups is 2. The van der Waals surface area contributed by atoms with Crippen LogP contribution in [0, 0.1) is 13.8 Å². The van der Waals surface area contributed by atoms with Crippen molar-refractivity contribution in [3.8, 4) is 0 Å². The van der Waals surface area contributed by atoms with Gasteiger partial charge in [-0.05, 0) is 37.5 Å². The van der Waals surface area contributed by atoms with Gasteiger partial charge in [-0.2, -0.15) is 0 Å². The van der Waals surface area contributed by atoms with Crippen LogP contribution >= 0.6 is 23.1 Å². The van der Waals surface area contributed by atoms with Crippen molar-refractivity contribution in [2.75, 3.05) is 17.6 Å². The first-order valence-corrected chi connectivity index (χ1v) is 11.4. The largest absolute Gasteiger partial charge is 0.346 e. The predicted molar refractivity (Wildman–Crippen MR) is 123 cm³/mol. The minimum atomic E-state index is -0.299. The van der Waals surface area contributed by atoms with Gasteiger partial charge in [0.05, 0.1) is 17.7 Å². The van der Waals surface area contributed by atoms with E-state index in [1.165, 1.54) is 27.7 Å². The summed E-state index contributed by atoms with van der Waals surface area (Å²) in [7, 11) is 1.65. The summed E-state index contributed by atoms with van der Waals surface area (Å²) in [6.45, 7) is 5.78. The van der Waals surface area contributed by atoms with E-state index in [4.69, 9.17) is 0 Å². The second-order valence-corrected chi connectivity index (χ2v) is 8.99. The van der Waals surface area contributed by atoms with Gasteiger partial charge in [0.25, 0.3) is 5.56 Å². The zero-order valence-electron chi connectivity index (χ0n) is 17.4. The minimum absolute atomic E-state index is 0.0634.